The van der Waals surface area contributed by atoms with Gasteiger partial charge in [0.2, 0.25) is 0 Å². The van der Waals surface area contributed by atoms with E-state index in [4.69, 9.17) is 4.43 Å². The maximum absolute atomic E-state index is 13.1. The third kappa shape index (κ3) is 7.03. The molecule has 1 heterocycles. The van der Waals surface area contributed by atoms with E-state index in [2.05, 4.69) is 86.3 Å². The Balaban J connectivity index is 1.40. The summed E-state index contributed by atoms with van der Waals surface area (Å²) < 4.78 is 7.07. The van der Waals surface area contributed by atoms with Crippen molar-refractivity contribution in [2.45, 2.75) is 83.7 Å². The van der Waals surface area contributed by atoms with Crippen molar-refractivity contribution in [2.24, 2.45) is 11.8 Å². The summed E-state index contributed by atoms with van der Waals surface area (Å²) in [5.41, 5.74) is 4.10. The fourth-order valence-corrected chi connectivity index (χ4v) is 6.69. The van der Waals surface area contributed by atoms with Crippen LogP contribution in [0.25, 0.3) is 0 Å². The van der Waals surface area contributed by atoms with Gasteiger partial charge in [-0.2, -0.15) is 0 Å². The Hall–Kier alpha value is -2.83. The highest BCUT2D eigenvalue weighted by atomic mass is 28.4. The Kier molecular flexibility index (Phi) is 9.07. The molecular formula is C33H45N3O2Si. The first-order chi connectivity index (χ1) is 18.5. The molecule has 0 radical (unpaired) electrons. The van der Waals surface area contributed by atoms with Gasteiger partial charge in [0.1, 0.15) is 0 Å². The van der Waals surface area contributed by atoms with Crippen molar-refractivity contribution in [3.8, 4) is 0 Å². The number of nitrogens with zero attached hydrogens (tertiary/aromatic N) is 3. The Morgan fingerprint density at radius 3 is 2.36 bits per heavy atom. The second-order valence-corrected chi connectivity index (χ2v) is 17.5. The van der Waals surface area contributed by atoms with Crippen molar-refractivity contribution in [1.29, 1.82) is 0 Å². The van der Waals surface area contributed by atoms with E-state index in [-0.39, 0.29) is 23.1 Å². The van der Waals surface area contributed by atoms with Gasteiger partial charge in [-0.1, -0.05) is 63.2 Å². The summed E-state index contributed by atoms with van der Waals surface area (Å²) in [7, 11) is -0.0914. The average Bonchev–Trinajstić information content (AvgIpc) is 3.39. The summed E-state index contributed by atoms with van der Waals surface area (Å²) in [5.74, 6) is 1.16. The van der Waals surface area contributed by atoms with E-state index in [9.17, 15) is 4.79 Å². The number of hydrogen-bond acceptors (Lipinski definition) is 4. The summed E-state index contributed by atoms with van der Waals surface area (Å²) in [6.45, 7) is 13.7. The number of carbonyl (C=O) groups excluding carboxylic acids is 1. The molecule has 1 aromatic heterocycles. The molecule has 0 bridgehead atoms. The highest BCUT2D eigenvalue weighted by molar-refractivity contribution is 6.74. The molecule has 0 aliphatic heterocycles. The summed E-state index contributed by atoms with van der Waals surface area (Å²) in [6.07, 6.45) is 9.80. The topological polar surface area (TPSA) is 55.3 Å². The van der Waals surface area contributed by atoms with Gasteiger partial charge in [0.05, 0.1) is 24.0 Å². The van der Waals surface area contributed by atoms with Crippen LogP contribution in [0.4, 0.5) is 0 Å². The third-order valence-electron chi connectivity index (χ3n) is 9.00. The Morgan fingerprint density at radius 2 is 1.74 bits per heavy atom. The molecule has 208 valence electrons. The molecule has 0 N–H and O–H groups in total. The van der Waals surface area contributed by atoms with E-state index in [1.807, 2.05) is 26.1 Å². The lowest BCUT2D eigenvalue weighted by Crippen LogP contribution is -2.43. The van der Waals surface area contributed by atoms with Crippen LogP contribution in [0.2, 0.25) is 18.1 Å². The van der Waals surface area contributed by atoms with Crippen LogP contribution in [-0.2, 0) is 10.8 Å². The predicted octanol–water partition coefficient (Wildman–Crippen LogP) is 8.03. The normalized spacial score (nSPS) is 19.5. The first kappa shape index (κ1) is 29.2. The summed E-state index contributed by atoms with van der Waals surface area (Å²) in [5, 5.41) is 0.178. The molecule has 6 heteroatoms. The first-order valence-corrected chi connectivity index (χ1v) is 17.2. The molecule has 0 spiro atoms. The minimum atomic E-state index is -1.91. The van der Waals surface area contributed by atoms with Crippen LogP contribution in [-0.4, -0.2) is 36.1 Å². The summed E-state index contributed by atoms with van der Waals surface area (Å²) in [4.78, 5) is 23.3. The van der Waals surface area contributed by atoms with Gasteiger partial charge >= 0.3 is 0 Å². The highest BCUT2D eigenvalue weighted by Gasteiger charge is 2.42. The fourth-order valence-electron chi connectivity index (χ4n) is 5.37. The lowest BCUT2D eigenvalue weighted by atomic mass is 9.91. The van der Waals surface area contributed by atoms with Gasteiger partial charge in [0.25, 0.3) is 5.91 Å². The first-order valence-electron chi connectivity index (χ1n) is 14.3. The van der Waals surface area contributed by atoms with E-state index in [1.54, 1.807) is 23.5 Å². The molecule has 1 saturated carbocycles. The van der Waals surface area contributed by atoms with Crippen LogP contribution < -0.4 is 0 Å². The van der Waals surface area contributed by atoms with E-state index < -0.39 is 8.32 Å². The van der Waals surface area contributed by atoms with Gasteiger partial charge in [-0.25, -0.2) is 0 Å². The molecule has 1 amide bonds. The van der Waals surface area contributed by atoms with E-state index in [1.165, 1.54) is 30.4 Å². The molecule has 3 aromatic rings. The van der Waals surface area contributed by atoms with E-state index in [0.29, 0.717) is 17.4 Å². The molecule has 4 rings (SSSR count). The van der Waals surface area contributed by atoms with Gasteiger partial charge in [0.15, 0.2) is 8.32 Å². The number of rotatable bonds is 9. The van der Waals surface area contributed by atoms with Gasteiger partial charge in [-0.05, 0) is 85.8 Å². The van der Waals surface area contributed by atoms with Crippen molar-refractivity contribution in [3.63, 3.8) is 0 Å². The van der Waals surface area contributed by atoms with E-state index >= 15 is 0 Å². The summed E-state index contributed by atoms with van der Waals surface area (Å²) >= 11 is 0. The van der Waals surface area contributed by atoms with Crippen LogP contribution in [0.3, 0.4) is 0 Å². The van der Waals surface area contributed by atoms with Crippen molar-refractivity contribution < 1.29 is 9.22 Å². The number of benzene rings is 2. The van der Waals surface area contributed by atoms with Crippen LogP contribution in [0.1, 0.15) is 86.3 Å². The number of hydrogen-bond donors (Lipinski definition) is 0. The molecular weight excluding hydrogens is 498 g/mol. The lowest BCUT2D eigenvalue weighted by molar-refractivity contribution is 0.0739. The number of aromatic nitrogens is 2. The van der Waals surface area contributed by atoms with Gasteiger partial charge in [-0.3, -0.25) is 14.8 Å². The van der Waals surface area contributed by atoms with Crippen molar-refractivity contribution in [2.75, 3.05) is 7.05 Å². The second kappa shape index (κ2) is 12.1. The molecule has 4 atom stereocenters. The van der Waals surface area contributed by atoms with Gasteiger partial charge < -0.3 is 9.33 Å². The smallest absolute Gasteiger partial charge is 0.254 e. The fraction of sp³-hybridized carbons (Fsp3) is 0.485. The monoisotopic (exact) mass is 543 g/mol. The minimum Gasteiger partial charge on any atom is -0.410 e. The number of amides is 1. The van der Waals surface area contributed by atoms with E-state index in [0.717, 1.165) is 12.1 Å². The van der Waals surface area contributed by atoms with Crippen molar-refractivity contribution >= 4 is 14.2 Å². The highest BCUT2D eigenvalue weighted by Crippen LogP contribution is 2.47. The zero-order chi connectivity index (χ0) is 28.2. The standard InChI is InChI=1S/C33H45N3O2Si/c1-24(30-23-34-19-20-35-30)36(5)32(37)28-16-13-25(14-17-28)21-26-15-18-29(22-26)31(27-11-9-8-10-12-27)38-39(6,7)33(2,3)4/h8-14,16-17,19-20,23-24,26,29,31H,15,18,21-22H2,1-7H3/t24?,26-,29-,31+/m0/s1. The number of carbonyl (C=O) groups is 1. The third-order valence-corrected chi connectivity index (χ3v) is 13.5. The largest absolute Gasteiger partial charge is 0.410 e. The molecule has 39 heavy (non-hydrogen) atoms. The predicted molar refractivity (Wildman–Crippen MR) is 161 cm³/mol. The van der Waals surface area contributed by atoms with Crippen molar-refractivity contribution in [1.82, 2.24) is 14.9 Å². The molecule has 1 fully saturated rings. The molecule has 1 aliphatic rings. The van der Waals surface area contributed by atoms with Gasteiger partial charge in [-0.15, -0.1) is 0 Å². The van der Waals surface area contributed by atoms with Crippen LogP contribution in [0.15, 0.2) is 73.2 Å². The Bertz CT molecular complexity index is 1210. The lowest BCUT2D eigenvalue weighted by Gasteiger charge is -2.41. The van der Waals surface area contributed by atoms with Crippen LogP contribution >= 0.6 is 0 Å². The molecule has 1 unspecified atom stereocenters. The van der Waals surface area contributed by atoms with Crippen molar-refractivity contribution in [3.05, 3.63) is 95.6 Å². The second-order valence-electron chi connectivity index (χ2n) is 12.8. The molecule has 1 aliphatic carbocycles. The van der Waals surface area contributed by atoms with Crippen LogP contribution in [0, 0.1) is 11.8 Å². The maximum Gasteiger partial charge on any atom is 0.254 e. The molecule has 2 aromatic carbocycles. The Labute approximate surface area is 236 Å². The average molecular weight is 544 g/mol. The zero-order valence-electron chi connectivity index (χ0n) is 24.7. The maximum atomic E-state index is 13.1. The zero-order valence-corrected chi connectivity index (χ0v) is 25.7. The molecule has 5 nitrogen and oxygen atoms in total. The quantitative estimate of drug-likeness (QED) is 0.256. The van der Waals surface area contributed by atoms with Gasteiger partial charge in [0, 0.05) is 25.0 Å². The summed E-state index contributed by atoms with van der Waals surface area (Å²) in [6, 6.07) is 18.9. The minimum absolute atomic E-state index is 0.00545. The van der Waals surface area contributed by atoms with Crippen LogP contribution in [0.5, 0.6) is 0 Å². The Morgan fingerprint density at radius 1 is 1.05 bits per heavy atom. The molecule has 0 saturated heterocycles. The SMILES string of the molecule is CC(c1cnccn1)N(C)C(=O)c1ccc(C[C@@H]2CC[C@H]([C@H](O[Si](C)(C)C(C)(C)C)c3ccccc3)C2)cc1.